The molecule has 2 aromatic rings. The highest BCUT2D eigenvalue weighted by molar-refractivity contribution is 5.88. The summed E-state index contributed by atoms with van der Waals surface area (Å²) in [7, 11) is 0. The Morgan fingerprint density at radius 2 is 1.66 bits per heavy atom. The molecule has 0 saturated heterocycles. The third kappa shape index (κ3) is 4.92. The number of amides is 2. The summed E-state index contributed by atoms with van der Waals surface area (Å²) in [5.41, 5.74) is 4.37. The second kappa shape index (κ2) is 10.0. The van der Waals surface area contributed by atoms with Gasteiger partial charge in [-0.2, -0.15) is 0 Å². The molecule has 0 aromatic heterocycles. The van der Waals surface area contributed by atoms with E-state index in [1.165, 1.54) is 0 Å². The van der Waals surface area contributed by atoms with Gasteiger partial charge in [0.1, 0.15) is 19.2 Å². The molecule has 1 atom stereocenters. The number of alkyl carbamates (subject to hydrolysis) is 1. The number of carbonyl (C=O) groups is 3. The summed E-state index contributed by atoms with van der Waals surface area (Å²) < 4.78 is 5.48. The van der Waals surface area contributed by atoms with Crippen LogP contribution in [0.3, 0.4) is 0 Å². The van der Waals surface area contributed by atoms with Crippen LogP contribution in [-0.4, -0.2) is 53.2 Å². The fraction of sp³-hybridized carbons (Fsp3) is 0.320. The molecule has 2 N–H and O–H groups in total. The van der Waals surface area contributed by atoms with Crippen LogP contribution in [0.5, 0.6) is 0 Å². The molecular weight excluding hydrogens is 408 g/mol. The minimum atomic E-state index is -1.15. The molecule has 3 rings (SSSR count). The molecule has 1 aliphatic carbocycles. The summed E-state index contributed by atoms with van der Waals surface area (Å²) >= 11 is 0. The van der Waals surface area contributed by atoms with Gasteiger partial charge in [-0.25, -0.2) is 4.79 Å². The number of benzene rings is 2. The van der Waals surface area contributed by atoms with Crippen molar-refractivity contribution in [3.05, 3.63) is 59.7 Å². The van der Waals surface area contributed by atoms with Gasteiger partial charge in [-0.3, -0.25) is 9.59 Å². The minimum Gasteiger partial charge on any atom is -0.480 e. The summed E-state index contributed by atoms with van der Waals surface area (Å²) in [6.07, 6.45) is 4.52. The lowest BCUT2D eigenvalue weighted by Gasteiger charge is -2.29. The first-order chi connectivity index (χ1) is 15.3. The van der Waals surface area contributed by atoms with E-state index in [-0.39, 0.29) is 25.0 Å². The molecule has 0 radical (unpaired) electrons. The van der Waals surface area contributed by atoms with E-state index in [1.807, 2.05) is 48.5 Å². The van der Waals surface area contributed by atoms with Crippen molar-refractivity contribution in [1.29, 1.82) is 0 Å². The third-order valence-electron chi connectivity index (χ3n) is 5.47. The molecule has 32 heavy (non-hydrogen) atoms. The van der Waals surface area contributed by atoms with Gasteiger partial charge in [0.25, 0.3) is 0 Å². The van der Waals surface area contributed by atoms with E-state index in [0.29, 0.717) is 0 Å². The maximum Gasteiger partial charge on any atom is 0.407 e. The number of ether oxygens (including phenoxy) is 1. The number of fused-ring (bicyclic) bond motifs is 3. The fourth-order valence-corrected chi connectivity index (χ4v) is 3.96. The first-order valence-electron chi connectivity index (χ1n) is 10.4. The van der Waals surface area contributed by atoms with Crippen LogP contribution < -0.4 is 5.32 Å². The van der Waals surface area contributed by atoms with Gasteiger partial charge >= 0.3 is 12.1 Å². The number of hydrogen-bond donors (Lipinski definition) is 2. The fourth-order valence-electron chi connectivity index (χ4n) is 3.96. The monoisotopic (exact) mass is 434 g/mol. The molecule has 0 fully saturated rings. The Kier molecular flexibility index (Phi) is 7.16. The number of aliphatic carboxylic acids is 1. The van der Waals surface area contributed by atoms with Crippen LogP contribution in [0.1, 0.15) is 37.3 Å². The molecule has 7 heteroatoms. The first-order valence-corrected chi connectivity index (χ1v) is 10.4. The molecule has 7 nitrogen and oxygen atoms in total. The van der Waals surface area contributed by atoms with Gasteiger partial charge in [0, 0.05) is 18.4 Å². The van der Waals surface area contributed by atoms with Crippen molar-refractivity contribution in [3.63, 3.8) is 0 Å². The van der Waals surface area contributed by atoms with Crippen LogP contribution in [-0.2, 0) is 14.3 Å². The molecule has 1 aliphatic rings. The number of hydrogen-bond acceptors (Lipinski definition) is 4. The van der Waals surface area contributed by atoms with Gasteiger partial charge in [-0.15, -0.1) is 12.3 Å². The standard InChI is InChI=1S/C25H26N2O5/c1-4-9-22(24(30)27(16(2)3)14-23(28)29)26-25(31)32-15-21-19-12-7-5-10-17(19)18-11-6-8-13-20(18)21/h1,5-8,10-13,16,21-22H,9,14-15H2,2-3H3,(H,26,31)(H,28,29). The van der Waals surface area contributed by atoms with Gasteiger partial charge in [0.05, 0.1) is 0 Å². The highest BCUT2D eigenvalue weighted by Gasteiger charge is 2.31. The van der Waals surface area contributed by atoms with E-state index in [9.17, 15) is 14.4 Å². The van der Waals surface area contributed by atoms with Crippen molar-refractivity contribution < 1.29 is 24.2 Å². The molecule has 0 bridgehead atoms. The van der Waals surface area contributed by atoms with E-state index in [2.05, 4.69) is 11.2 Å². The highest BCUT2D eigenvalue weighted by Crippen LogP contribution is 2.44. The zero-order valence-corrected chi connectivity index (χ0v) is 18.1. The molecule has 166 valence electrons. The largest absolute Gasteiger partial charge is 0.480 e. The van der Waals surface area contributed by atoms with Gasteiger partial charge < -0.3 is 20.1 Å². The zero-order valence-electron chi connectivity index (χ0n) is 18.1. The first kappa shape index (κ1) is 22.9. The Bertz CT molecular complexity index is 1010. The summed E-state index contributed by atoms with van der Waals surface area (Å²) in [6.45, 7) is 3.01. The van der Waals surface area contributed by atoms with Crippen molar-refractivity contribution in [2.45, 2.75) is 38.3 Å². The van der Waals surface area contributed by atoms with Gasteiger partial charge in [0.2, 0.25) is 5.91 Å². The van der Waals surface area contributed by atoms with E-state index in [1.54, 1.807) is 13.8 Å². The lowest BCUT2D eigenvalue weighted by molar-refractivity contribution is -0.146. The highest BCUT2D eigenvalue weighted by atomic mass is 16.5. The number of terminal acetylenes is 1. The Morgan fingerprint density at radius 1 is 1.09 bits per heavy atom. The Hall–Kier alpha value is -3.79. The van der Waals surface area contributed by atoms with Crippen molar-refractivity contribution in [1.82, 2.24) is 10.2 Å². The normalized spacial score (nSPS) is 12.9. The molecule has 0 saturated carbocycles. The predicted octanol–water partition coefficient (Wildman–Crippen LogP) is 3.24. The van der Waals surface area contributed by atoms with Crippen LogP contribution >= 0.6 is 0 Å². The van der Waals surface area contributed by atoms with Crippen molar-refractivity contribution in [2.75, 3.05) is 13.2 Å². The summed E-state index contributed by atoms with van der Waals surface area (Å²) in [5, 5.41) is 11.6. The average molecular weight is 434 g/mol. The molecule has 0 heterocycles. The van der Waals surface area contributed by atoms with Crippen molar-refractivity contribution in [2.24, 2.45) is 0 Å². The predicted molar refractivity (Wildman–Crippen MR) is 120 cm³/mol. The number of carboxylic acids is 1. The number of rotatable bonds is 8. The zero-order chi connectivity index (χ0) is 23.3. The molecule has 0 spiro atoms. The summed E-state index contributed by atoms with van der Waals surface area (Å²) in [6, 6.07) is 14.5. The van der Waals surface area contributed by atoms with Gasteiger partial charge in [-0.1, -0.05) is 48.5 Å². The topological polar surface area (TPSA) is 95.9 Å². The molecule has 0 aliphatic heterocycles. The lowest BCUT2D eigenvalue weighted by atomic mass is 9.98. The smallest absolute Gasteiger partial charge is 0.407 e. The van der Waals surface area contributed by atoms with Crippen molar-refractivity contribution in [3.8, 4) is 23.5 Å². The summed E-state index contributed by atoms with van der Waals surface area (Å²) in [4.78, 5) is 37.7. The minimum absolute atomic E-state index is 0.0775. The molecule has 2 amide bonds. The number of carbonyl (C=O) groups excluding carboxylic acids is 2. The van der Waals surface area contributed by atoms with E-state index in [0.717, 1.165) is 27.2 Å². The van der Waals surface area contributed by atoms with Crippen LogP contribution in [0.15, 0.2) is 48.5 Å². The van der Waals surface area contributed by atoms with Gasteiger partial charge in [-0.05, 0) is 36.1 Å². The molecule has 2 aromatic carbocycles. The quantitative estimate of drug-likeness (QED) is 0.622. The number of nitrogens with zero attached hydrogens (tertiary/aromatic N) is 1. The van der Waals surface area contributed by atoms with Crippen LogP contribution in [0.4, 0.5) is 4.79 Å². The number of carboxylic acid groups (broad SMARTS) is 1. The Morgan fingerprint density at radius 3 is 2.16 bits per heavy atom. The van der Waals surface area contributed by atoms with E-state index in [4.69, 9.17) is 16.3 Å². The second-order valence-electron chi connectivity index (χ2n) is 7.88. The number of nitrogens with one attached hydrogen (secondary N) is 1. The van der Waals surface area contributed by atoms with Gasteiger partial charge in [0.15, 0.2) is 0 Å². The summed E-state index contributed by atoms with van der Waals surface area (Å²) in [5.74, 6) is 0.536. The van der Waals surface area contributed by atoms with Crippen LogP contribution in [0, 0.1) is 12.3 Å². The molecular formula is C25H26N2O5. The third-order valence-corrected chi connectivity index (χ3v) is 5.47. The maximum absolute atomic E-state index is 12.8. The average Bonchev–Trinajstić information content (AvgIpc) is 3.09. The van der Waals surface area contributed by atoms with E-state index >= 15 is 0 Å². The molecule has 1 unspecified atom stereocenters. The van der Waals surface area contributed by atoms with Crippen LogP contribution in [0.25, 0.3) is 11.1 Å². The Balaban J connectivity index is 1.70. The SMILES string of the molecule is C#CCC(NC(=O)OCC1c2ccccc2-c2ccccc21)C(=O)N(CC(=O)O)C(C)C. The van der Waals surface area contributed by atoms with Crippen molar-refractivity contribution >= 4 is 18.0 Å². The van der Waals surface area contributed by atoms with E-state index < -0.39 is 30.6 Å². The lowest BCUT2D eigenvalue weighted by Crippen LogP contribution is -2.52. The second-order valence-corrected chi connectivity index (χ2v) is 7.88. The van der Waals surface area contributed by atoms with Crippen LogP contribution in [0.2, 0.25) is 0 Å². The Labute approximate surface area is 187 Å². The maximum atomic E-state index is 12.8.